The maximum Gasteiger partial charge on any atom is 0.387 e. The summed E-state index contributed by atoms with van der Waals surface area (Å²) in [4.78, 5) is 2.37. The van der Waals surface area contributed by atoms with Gasteiger partial charge in [-0.25, -0.2) is 0 Å². The van der Waals surface area contributed by atoms with Gasteiger partial charge in [-0.3, -0.25) is 4.90 Å². The van der Waals surface area contributed by atoms with Crippen molar-refractivity contribution in [3.05, 3.63) is 29.8 Å². The third-order valence-corrected chi connectivity index (χ3v) is 4.15. The Morgan fingerprint density at radius 1 is 1.32 bits per heavy atom. The fourth-order valence-corrected chi connectivity index (χ4v) is 3.05. The molecule has 2 saturated heterocycles. The highest BCUT2D eigenvalue weighted by Gasteiger charge is 2.26. The first kappa shape index (κ1) is 15.6. The van der Waals surface area contributed by atoms with E-state index < -0.39 is 6.61 Å². The van der Waals surface area contributed by atoms with E-state index in [4.69, 9.17) is 9.47 Å². The third kappa shape index (κ3) is 4.15. The molecule has 2 aliphatic heterocycles. The van der Waals surface area contributed by atoms with E-state index in [0.717, 1.165) is 44.8 Å². The van der Waals surface area contributed by atoms with Crippen molar-refractivity contribution >= 4 is 0 Å². The van der Waals surface area contributed by atoms with E-state index >= 15 is 0 Å². The molecule has 122 valence electrons. The molecule has 1 aromatic rings. The smallest absolute Gasteiger partial charge is 0.387 e. The molecular weight excluding hydrogens is 292 g/mol. The van der Waals surface area contributed by atoms with Gasteiger partial charge in [0, 0.05) is 26.2 Å². The van der Waals surface area contributed by atoms with Crippen LogP contribution in [0.25, 0.3) is 0 Å². The van der Waals surface area contributed by atoms with Gasteiger partial charge in [-0.2, -0.15) is 8.78 Å². The van der Waals surface area contributed by atoms with Crippen LogP contribution in [0.1, 0.15) is 18.1 Å². The highest BCUT2D eigenvalue weighted by molar-refractivity contribution is 5.30. The molecule has 0 aromatic heterocycles. The maximum absolute atomic E-state index is 12.3. The predicted octanol–water partition coefficient (Wildman–Crippen LogP) is 2.70. The molecule has 0 unspecified atom stereocenters. The average Bonchev–Trinajstić information content (AvgIpc) is 3.00. The van der Waals surface area contributed by atoms with Gasteiger partial charge in [-0.15, -0.1) is 0 Å². The van der Waals surface area contributed by atoms with Crippen LogP contribution in [-0.4, -0.2) is 51.0 Å². The Hall–Kier alpha value is -1.24. The van der Waals surface area contributed by atoms with Crippen LogP contribution in [0.15, 0.2) is 24.3 Å². The van der Waals surface area contributed by atoms with Crippen LogP contribution < -0.4 is 4.74 Å². The molecule has 2 fully saturated rings. The van der Waals surface area contributed by atoms with Gasteiger partial charge in [-0.1, -0.05) is 12.1 Å². The molecule has 1 aromatic carbocycles. The number of halogens is 2. The Morgan fingerprint density at radius 2 is 2.23 bits per heavy atom. The van der Waals surface area contributed by atoms with Gasteiger partial charge in [0.25, 0.3) is 0 Å². The fraction of sp³-hybridized carbons (Fsp3) is 0.625. The van der Waals surface area contributed by atoms with E-state index in [2.05, 4.69) is 9.64 Å². The maximum atomic E-state index is 12.3. The quantitative estimate of drug-likeness (QED) is 0.836. The highest BCUT2D eigenvalue weighted by atomic mass is 19.3. The number of alkyl halides is 2. The van der Waals surface area contributed by atoms with Crippen molar-refractivity contribution in [1.29, 1.82) is 0 Å². The van der Waals surface area contributed by atoms with Crippen LogP contribution in [-0.2, 0) is 9.47 Å². The normalized spacial score (nSPS) is 26.5. The summed E-state index contributed by atoms with van der Waals surface area (Å²) in [5.74, 6) is 0.768. The van der Waals surface area contributed by atoms with Crippen molar-refractivity contribution in [2.24, 2.45) is 5.92 Å². The number of ether oxygens (including phenoxy) is 3. The first-order valence-corrected chi connectivity index (χ1v) is 7.67. The molecule has 0 radical (unpaired) electrons. The van der Waals surface area contributed by atoms with E-state index in [1.807, 2.05) is 6.07 Å². The number of benzene rings is 1. The van der Waals surface area contributed by atoms with E-state index in [0.29, 0.717) is 12.5 Å². The van der Waals surface area contributed by atoms with Crippen molar-refractivity contribution in [3.8, 4) is 5.75 Å². The van der Waals surface area contributed by atoms with E-state index in [-0.39, 0.29) is 11.9 Å². The first-order valence-electron chi connectivity index (χ1n) is 7.67. The lowest BCUT2D eigenvalue weighted by Crippen LogP contribution is -2.41. The molecule has 0 amide bonds. The third-order valence-electron chi connectivity index (χ3n) is 4.15. The van der Waals surface area contributed by atoms with Crippen LogP contribution in [0.4, 0.5) is 8.78 Å². The molecule has 0 bridgehead atoms. The summed E-state index contributed by atoms with van der Waals surface area (Å²) in [6, 6.07) is 6.79. The molecule has 0 saturated carbocycles. The molecule has 0 spiro atoms. The lowest BCUT2D eigenvalue weighted by molar-refractivity contribution is -0.0510. The Kier molecular flexibility index (Phi) is 5.23. The van der Waals surface area contributed by atoms with Crippen LogP contribution >= 0.6 is 0 Å². The minimum absolute atomic E-state index is 0.0997. The molecule has 6 heteroatoms. The second-order valence-corrected chi connectivity index (χ2v) is 5.80. The van der Waals surface area contributed by atoms with Crippen molar-refractivity contribution in [2.75, 3.05) is 39.5 Å². The average molecular weight is 313 g/mol. The van der Waals surface area contributed by atoms with Crippen LogP contribution in [0.2, 0.25) is 0 Å². The van der Waals surface area contributed by atoms with E-state index in [1.54, 1.807) is 12.1 Å². The summed E-state index contributed by atoms with van der Waals surface area (Å²) >= 11 is 0. The molecule has 2 atom stereocenters. The number of nitrogens with zero attached hydrogens (tertiary/aromatic N) is 1. The summed E-state index contributed by atoms with van der Waals surface area (Å²) in [7, 11) is 0. The monoisotopic (exact) mass is 313 g/mol. The number of rotatable bonds is 5. The molecule has 2 heterocycles. The Bertz CT molecular complexity index is 480. The van der Waals surface area contributed by atoms with Gasteiger partial charge in [0.05, 0.1) is 19.3 Å². The number of morpholine rings is 1. The molecule has 0 aliphatic carbocycles. The van der Waals surface area contributed by atoms with E-state index in [1.165, 1.54) is 6.07 Å². The minimum Gasteiger partial charge on any atom is -0.435 e. The first-order chi connectivity index (χ1) is 10.7. The Morgan fingerprint density at radius 3 is 3.00 bits per heavy atom. The van der Waals surface area contributed by atoms with Crippen molar-refractivity contribution in [2.45, 2.75) is 19.1 Å². The zero-order valence-electron chi connectivity index (χ0n) is 12.4. The zero-order chi connectivity index (χ0) is 15.4. The minimum atomic E-state index is -2.80. The van der Waals surface area contributed by atoms with Gasteiger partial charge < -0.3 is 14.2 Å². The number of hydrogen-bond donors (Lipinski definition) is 0. The summed E-state index contributed by atoms with van der Waals surface area (Å²) in [6.45, 7) is 2.21. The zero-order valence-corrected chi connectivity index (χ0v) is 12.4. The topological polar surface area (TPSA) is 30.9 Å². The summed E-state index contributed by atoms with van der Waals surface area (Å²) in [5, 5.41) is 0. The summed E-state index contributed by atoms with van der Waals surface area (Å²) < 4.78 is 40.3. The van der Waals surface area contributed by atoms with Crippen LogP contribution in [0.3, 0.4) is 0 Å². The van der Waals surface area contributed by atoms with Crippen LogP contribution in [0.5, 0.6) is 5.75 Å². The molecule has 0 N–H and O–H groups in total. The van der Waals surface area contributed by atoms with Gasteiger partial charge in [0.1, 0.15) is 5.75 Å². The second kappa shape index (κ2) is 7.35. The van der Waals surface area contributed by atoms with E-state index in [9.17, 15) is 8.78 Å². The molecule has 2 aliphatic rings. The van der Waals surface area contributed by atoms with Gasteiger partial charge >= 0.3 is 6.61 Å². The SMILES string of the molecule is FC(F)Oc1cccc([C@@H]2CN(C[C@@H]3CCOC3)CCO2)c1. The van der Waals surface area contributed by atoms with Gasteiger partial charge in [-0.05, 0) is 30.0 Å². The standard InChI is InChI=1S/C16H21F2NO3/c17-16(18)22-14-3-1-2-13(8-14)15-10-19(5-7-21-15)9-12-4-6-20-11-12/h1-3,8,12,15-16H,4-7,9-11H2/t12-,15-/m0/s1. The van der Waals surface area contributed by atoms with Crippen molar-refractivity contribution in [3.63, 3.8) is 0 Å². The second-order valence-electron chi connectivity index (χ2n) is 5.80. The largest absolute Gasteiger partial charge is 0.435 e. The fourth-order valence-electron chi connectivity index (χ4n) is 3.05. The van der Waals surface area contributed by atoms with Crippen LogP contribution in [0, 0.1) is 5.92 Å². The lowest BCUT2D eigenvalue weighted by Gasteiger charge is -2.34. The van der Waals surface area contributed by atoms with Crippen molar-refractivity contribution < 1.29 is 23.0 Å². The lowest BCUT2D eigenvalue weighted by atomic mass is 10.0. The summed E-state index contributed by atoms with van der Waals surface area (Å²) in [5.41, 5.74) is 0.880. The summed E-state index contributed by atoms with van der Waals surface area (Å²) in [6.07, 6.45) is 1.01. The van der Waals surface area contributed by atoms with Crippen molar-refractivity contribution in [1.82, 2.24) is 4.90 Å². The Balaban J connectivity index is 1.61. The molecule has 3 rings (SSSR count). The van der Waals surface area contributed by atoms with Gasteiger partial charge in [0.15, 0.2) is 0 Å². The molecular formula is C16H21F2NO3. The predicted molar refractivity (Wildman–Crippen MR) is 77.1 cm³/mol. The highest BCUT2D eigenvalue weighted by Crippen LogP contribution is 2.27. The molecule has 22 heavy (non-hydrogen) atoms. The number of hydrogen-bond acceptors (Lipinski definition) is 4. The molecule has 4 nitrogen and oxygen atoms in total. The Labute approximate surface area is 129 Å². The van der Waals surface area contributed by atoms with Gasteiger partial charge in [0.2, 0.25) is 0 Å².